The van der Waals surface area contributed by atoms with Crippen molar-refractivity contribution in [1.82, 2.24) is 10.2 Å². The van der Waals surface area contributed by atoms with Crippen LogP contribution in [-0.4, -0.2) is 36.3 Å². The van der Waals surface area contributed by atoms with Crippen LogP contribution in [0.1, 0.15) is 32.3 Å². The van der Waals surface area contributed by atoms with Gasteiger partial charge >= 0.3 is 0 Å². The number of hydrogen-bond donors (Lipinski definition) is 1. The van der Waals surface area contributed by atoms with Crippen molar-refractivity contribution < 1.29 is 14.0 Å². The number of hydrogen-bond acceptors (Lipinski definition) is 2. The molecular weight excluding hydrogens is 271 g/mol. The Hall–Kier alpha value is -1.91. The number of rotatable bonds is 8. The third kappa shape index (κ3) is 6.38. The van der Waals surface area contributed by atoms with E-state index in [9.17, 15) is 14.0 Å². The molecule has 21 heavy (non-hydrogen) atoms. The molecule has 0 atom stereocenters. The van der Waals surface area contributed by atoms with Crippen LogP contribution >= 0.6 is 0 Å². The number of halogens is 1. The molecule has 0 aliphatic heterocycles. The number of nitrogens with one attached hydrogen (secondary N) is 1. The van der Waals surface area contributed by atoms with E-state index < -0.39 is 0 Å². The van der Waals surface area contributed by atoms with E-state index in [0.717, 1.165) is 12.8 Å². The average Bonchev–Trinajstić information content (AvgIpc) is 2.44. The van der Waals surface area contributed by atoms with Gasteiger partial charge in [0.15, 0.2) is 0 Å². The van der Waals surface area contributed by atoms with E-state index in [-0.39, 0.29) is 24.1 Å². The van der Waals surface area contributed by atoms with E-state index >= 15 is 0 Å². The summed E-state index contributed by atoms with van der Waals surface area (Å²) in [7, 11) is 0. The summed E-state index contributed by atoms with van der Waals surface area (Å²) in [6.07, 6.45) is 1.98. The fourth-order valence-electron chi connectivity index (χ4n) is 1.98. The average molecular weight is 294 g/mol. The van der Waals surface area contributed by atoms with Crippen molar-refractivity contribution in [2.75, 3.05) is 19.6 Å². The van der Waals surface area contributed by atoms with Crippen LogP contribution in [0.25, 0.3) is 0 Å². The Morgan fingerprint density at radius 1 is 1.24 bits per heavy atom. The van der Waals surface area contributed by atoms with Gasteiger partial charge in [-0.25, -0.2) is 4.39 Å². The van der Waals surface area contributed by atoms with Crippen LogP contribution in [0.3, 0.4) is 0 Å². The van der Waals surface area contributed by atoms with Crippen LogP contribution in [0.15, 0.2) is 24.3 Å². The molecule has 0 saturated carbocycles. The van der Waals surface area contributed by atoms with Gasteiger partial charge in [-0.05, 0) is 18.1 Å². The van der Waals surface area contributed by atoms with Crippen molar-refractivity contribution in [3.05, 3.63) is 35.6 Å². The van der Waals surface area contributed by atoms with Crippen LogP contribution in [0.4, 0.5) is 4.39 Å². The molecule has 0 aromatic heterocycles. The first-order valence-corrected chi connectivity index (χ1v) is 7.30. The van der Waals surface area contributed by atoms with Crippen LogP contribution in [0.5, 0.6) is 0 Å². The van der Waals surface area contributed by atoms with E-state index in [4.69, 9.17) is 0 Å². The van der Waals surface area contributed by atoms with E-state index in [1.165, 1.54) is 13.0 Å². The van der Waals surface area contributed by atoms with E-state index in [1.807, 2.05) is 0 Å². The Kier molecular flexibility index (Phi) is 7.43. The second-order valence-electron chi connectivity index (χ2n) is 4.98. The molecule has 0 heterocycles. The fourth-order valence-corrected chi connectivity index (χ4v) is 1.98. The lowest BCUT2D eigenvalue weighted by atomic mass is 10.1. The molecule has 1 aromatic carbocycles. The first kappa shape index (κ1) is 17.1. The minimum absolute atomic E-state index is 0.00630. The predicted octanol–water partition coefficient (Wildman–Crippen LogP) is 2.13. The quantitative estimate of drug-likeness (QED) is 0.798. The van der Waals surface area contributed by atoms with Crippen LogP contribution in [0, 0.1) is 5.82 Å². The minimum Gasteiger partial charge on any atom is -0.354 e. The normalized spacial score (nSPS) is 10.2. The van der Waals surface area contributed by atoms with Gasteiger partial charge in [0.2, 0.25) is 11.8 Å². The monoisotopic (exact) mass is 294 g/mol. The Labute approximate surface area is 125 Å². The minimum atomic E-state index is -0.374. The molecule has 0 radical (unpaired) electrons. The summed E-state index contributed by atoms with van der Waals surface area (Å²) in [6, 6.07) is 6.23. The zero-order valence-electron chi connectivity index (χ0n) is 12.7. The number of nitrogens with zero attached hydrogens (tertiary/aromatic N) is 1. The lowest BCUT2D eigenvalue weighted by Gasteiger charge is -2.20. The summed E-state index contributed by atoms with van der Waals surface area (Å²) in [4.78, 5) is 24.9. The summed E-state index contributed by atoms with van der Waals surface area (Å²) in [5, 5.41) is 2.72. The smallest absolute Gasteiger partial charge is 0.224 e. The van der Waals surface area contributed by atoms with Gasteiger partial charge < -0.3 is 10.2 Å². The molecule has 1 N–H and O–H groups in total. The third-order valence-corrected chi connectivity index (χ3v) is 3.24. The van der Waals surface area contributed by atoms with Crippen LogP contribution < -0.4 is 5.32 Å². The molecule has 1 aromatic rings. The zero-order valence-corrected chi connectivity index (χ0v) is 12.7. The maximum atomic E-state index is 13.4. The van der Waals surface area contributed by atoms with Gasteiger partial charge in [0.25, 0.3) is 0 Å². The van der Waals surface area contributed by atoms with Crippen molar-refractivity contribution in [2.45, 2.75) is 33.1 Å². The van der Waals surface area contributed by atoms with Gasteiger partial charge in [-0.2, -0.15) is 0 Å². The highest BCUT2D eigenvalue weighted by molar-refractivity contribution is 5.78. The van der Waals surface area contributed by atoms with Crippen molar-refractivity contribution in [2.24, 2.45) is 0 Å². The number of amides is 2. The topological polar surface area (TPSA) is 49.4 Å². The largest absolute Gasteiger partial charge is 0.354 e. The molecule has 5 heteroatoms. The van der Waals surface area contributed by atoms with Gasteiger partial charge in [0.05, 0.1) is 6.42 Å². The summed E-state index contributed by atoms with van der Waals surface area (Å²) in [6.45, 7) is 5.16. The van der Waals surface area contributed by atoms with E-state index in [0.29, 0.717) is 25.2 Å². The van der Waals surface area contributed by atoms with E-state index in [2.05, 4.69) is 12.2 Å². The molecule has 1 rings (SSSR count). The van der Waals surface area contributed by atoms with Gasteiger partial charge in [0.1, 0.15) is 5.82 Å². The molecule has 2 amide bonds. The highest BCUT2D eigenvalue weighted by Gasteiger charge is 2.10. The molecule has 4 nitrogen and oxygen atoms in total. The molecule has 0 unspecified atom stereocenters. The Balaban J connectivity index is 2.35. The predicted molar refractivity (Wildman–Crippen MR) is 80.3 cm³/mol. The molecule has 116 valence electrons. The summed E-state index contributed by atoms with van der Waals surface area (Å²) >= 11 is 0. The maximum absolute atomic E-state index is 13.4. The molecule has 0 spiro atoms. The van der Waals surface area contributed by atoms with Crippen molar-refractivity contribution in [1.29, 1.82) is 0 Å². The Morgan fingerprint density at radius 3 is 2.57 bits per heavy atom. The molecule has 0 saturated heterocycles. The summed E-state index contributed by atoms with van der Waals surface area (Å²) in [5.41, 5.74) is 0.379. The second-order valence-corrected chi connectivity index (χ2v) is 4.98. The number of carbonyl (C=O) groups excluding carboxylic acids is 2. The lowest BCUT2D eigenvalue weighted by molar-refractivity contribution is -0.129. The van der Waals surface area contributed by atoms with Gasteiger partial charge in [-0.1, -0.05) is 31.5 Å². The molecule has 0 fully saturated rings. The highest BCUT2D eigenvalue weighted by Crippen LogP contribution is 2.06. The van der Waals surface area contributed by atoms with Crippen molar-refractivity contribution in [3.8, 4) is 0 Å². The lowest BCUT2D eigenvalue weighted by Crippen LogP contribution is -2.38. The SMILES string of the molecule is CCCCN(CCNC(=O)Cc1ccccc1F)C(C)=O. The summed E-state index contributed by atoms with van der Waals surface area (Å²) in [5.74, 6) is -0.605. The van der Waals surface area contributed by atoms with Gasteiger partial charge in [-0.3, -0.25) is 9.59 Å². The standard InChI is InChI=1S/C16H23FN2O2/c1-3-4-10-19(13(2)20)11-9-18-16(21)12-14-7-5-6-8-15(14)17/h5-8H,3-4,9-12H2,1-2H3,(H,18,21). The van der Waals surface area contributed by atoms with Crippen molar-refractivity contribution in [3.63, 3.8) is 0 Å². The molecular formula is C16H23FN2O2. The molecule has 0 aliphatic carbocycles. The Morgan fingerprint density at radius 2 is 1.95 bits per heavy atom. The number of unbranched alkanes of at least 4 members (excludes halogenated alkanes) is 1. The van der Waals surface area contributed by atoms with Gasteiger partial charge in [0, 0.05) is 26.6 Å². The third-order valence-electron chi connectivity index (χ3n) is 3.24. The number of carbonyl (C=O) groups is 2. The first-order chi connectivity index (χ1) is 10.0. The maximum Gasteiger partial charge on any atom is 0.224 e. The second kappa shape index (κ2) is 9.10. The highest BCUT2D eigenvalue weighted by atomic mass is 19.1. The van der Waals surface area contributed by atoms with Gasteiger partial charge in [-0.15, -0.1) is 0 Å². The Bertz CT molecular complexity index is 477. The van der Waals surface area contributed by atoms with Crippen molar-refractivity contribution >= 4 is 11.8 Å². The fraction of sp³-hybridized carbons (Fsp3) is 0.500. The van der Waals surface area contributed by atoms with E-state index in [1.54, 1.807) is 23.1 Å². The van der Waals surface area contributed by atoms with Crippen LogP contribution in [0.2, 0.25) is 0 Å². The zero-order chi connectivity index (χ0) is 15.7. The number of benzene rings is 1. The molecule has 0 bridgehead atoms. The molecule has 0 aliphatic rings. The summed E-state index contributed by atoms with van der Waals surface area (Å²) < 4.78 is 13.4. The van der Waals surface area contributed by atoms with Crippen LogP contribution in [-0.2, 0) is 16.0 Å². The first-order valence-electron chi connectivity index (χ1n) is 7.30.